The molecule has 2 aromatic rings. The molecule has 0 spiro atoms. The van der Waals surface area contributed by atoms with Crippen molar-refractivity contribution >= 4 is 16.7 Å². The van der Waals surface area contributed by atoms with Gasteiger partial charge in [-0.15, -0.1) is 0 Å². The highest BCUT2D eigenvalue weighted by molar-refractivity contribution is 6.00. The second-order valence-electron chi connectivity index (χ2n) is 5.45. The number of hydrogen-bond acceptors (Lipinski definition) is 2. The monoisotopic (exact) mass is 244 g/mol. The van der Waals surface area contributed by atoms with Crippen molar-refractivity contribution in [2.24, 2.45) is 0 Å². The lowest BCUT2D eigenvalue weighted by Crippen LogP contribution is -2.10. The molecule has 0 aliphatic heterocycles. The van der Waals surface area contributed by atoms with Gasteiger partial charge in [0.25, 0.3) is 0 Å². The number of carboxylic acids is 1. The second kappa shape index (κ2) is 4.02. The van der Waals surface area contributed by atoms with Gasteiger partial charge in [-0.25, -0.2) is 4.79 Å². The molecule has 0 saturated heterocycles. The molecule has 2 rings (SSSR count). The van der Waals surface area contributed by atoms with E-state index in [-0.39, 0.29) is 16.7 Å². The van der Waals surface area contributed by atoms with Crippen molar-refractivity contribution in [1.82, 2.24) is 0 Å². The standard InChI is InChI=1S/C15H16O3/c1-15(2,3)10-6-4-9-5-7-11(14(17)18)13(16)12(9)8-10/h4-8,16H,1-3H3,(H,17,18). The minimum Gasteiger partial charge on any atom is -0.506 e. The summed E-state index contributed by atoms with van der Waals surface area (Å²) in [5.74, 6) is -1.28. The first-order valence-electron chi connectivity index (χ1n) is 5.80. The van der Waals surface area contributed by atoms with Crippen molar-refractivity contribution in [2.75, 3.05) is 0 Å². The van der Waals surface area contributed by atoms with E-state index in [1.54, 1.807) is 6.07 Å². The molecule has 0 unspecified atom stereocenters. The van der Waals surface area contributed by atoms with E-state index in [0.29, 0.717) is 5.39 Å². The number of carbonyl (C=O) groups is 1. The zero-order chi connectivity index (χ0) is 13.5. The van der Waals surface area contributed by atoms with Gasteiger partial charge >= 0.3 is 5.97 Å². The Balaban J connectivity index is 2.75. The maximum absolute atomic E-state index is 11.0. The summed E-state index contributed by atoms with van der Waals surface area (Å²) in [6, 6.07) is 8.91. The van der Waals surface area contributed by atoms with Crippen molar-refractivity contribution in [3.63, 3.8) is 0 Å². The Hall–Kier alpha value is -2.03. The van der Waals surface area contributed by atoms with Crippen LogP contribution in [0.25, 0.3) is 10.8 Å². The number of carboxylic acid groups (broad SMARTS) is 1. The van der Waals surface area contributed by atoms with Crippen LogP contribution in [0.5, 0.6) is 5.75 Å². The van der Waals surface area contributed by atoms with Gasteiger partial charge in [0, 0.05) is 5.39 Å². The Morgan fingerprint density at radius 2 is 1.72 bits per heavy atom. The first kappa shape index (κ1) is 12.4. The van der Waals surface area contributed by atoms with Gasteiger partial charge in [0.2, 0.25) is 0 Å². The normalized spacial score (nSPS) is 11.7. The van der Waals surface area contributed by atoms with E-state index in [1.807, 2.05) is 18.2 Å². The Morgan fingerprint density at radius 3 is 2.28 bits per heavy atom. The zero-order valence-electron chi connectivity index (χ0n) is 10.7. The first-order chi connectivity index (χ1) is 8.30. The van der Waals surface area contributed by atoms with E-state index in [1.165, 1.54) is 6.07 Å². The van der Waals surface area contributed by atoms with E-state index in [2.05, 4.69) is 20.8 Å². The molecule has 0 bridgehead atoms. The van der Waals surface area contributed by atoms with Crippen LogP contribution in [0.15, 0.2) is 30.3 Å². The van der Waals surface area contributed by atoms with Gasteiger partial charge in [-0.2, -0.15) is 0 Å². The third kappa shape index (κ3) is 2.04. The van der Waals surface area contributed by atoms with Crippen LogP contribution < -0.4 is 0 Å². The molecule has 0 aromatic heterocycles. The predicted molar refractivity (Wildman–Crippen MR) is 71.3 cm³/mol. The highest BCUT2D eigenvalue weighted by Gasteiger charge is 2.17. The number of phenols is 1. The SMILES string of the molecule is CC(C)(C)c1ccc2ccc(C(=O)O)c(O)c2c1. The fraction of sp³-hybridized carbons (Fsp3) is 0.267. The minimum absolute atomic E-state index is 0.0418. The summed E-state index contributed by atoms with van der Waals surface area (Å²) in [6.45, 7) is 6.23. The molecular formula is C15H16O3. The summed E-state index contributed by atoms with van der Waals surface area (Å²) in [5.41, 5.74) is 0.959. The van der Waals surface area contributed by atoms with Gasteiger partial charge in [-0.05, 0) is 28.5 Å². The highest BCUT2D eigenvalue weighted by atomic mass is 16.4. The second-order valence-corrected chi connectivity index (χ2v) is 5.45. The van der Waals surface area contributed by atoms with E-state index in [4.69, 9.17) is 5.11 Å². The molecule has 2 N–H and O–H groups in total. The summed E-state index contributed by atoms with van der Waals surface area (Å²) >= 11 is 0. The third-order valence-corrected chi connectivity index (χ3v) is 3.09. The molecule has 0 radical (unpaired) electrons. The fourth-order valence-corrected chi connectivity index (χ4v) is 1.94. The molecule has 0 atom stereocenters. The van der Waals surface area contributed by atoms with Crippen LogP contribution in [0.4, 0.5) is 0 Å². The van der Waals surface area contributed by atoms with Crippen LogP contribution in [0, 0.1) is 0 Å². The van der Waals surface area contributed by atoms with Crippen molar-refractivity contribution in [3.05, 3.63) is 41.5 Å². The lowest BCUT2D eigenvalue weighted by molar-refractivity contribution is 0.0694. The molecule has 0 saturated carbocycles. The quantitative estimate of drug-likeness (QED) is 0.806. The maximum atomic E-state index is 11.0. The van der Waals surface area contributed by atoms with Gasteiger partial charge in [0.1, 0.15) is 11.3 Å². The van der Waals surface area contributed by atoms with E-state index >= 15 is 0 Å². The Labute approximate surface area is 106 Å². The van der Waals surface area contributed by atoms with Gasteiger partial charge in [0.05, 0.1) is 0 Å². The first-order valence-corrected chi connectivity index (χ1v) is 5.80. The van der Waals surface area contributed by atoms with Gasteiger partial charge in [-0.3, -0.25) is 0 Å². The Morgan fingerprint density at radius 1 is 1.11 bits per heavy atom. The summed E-state index contributed by atoms with van der Waals surface area (Å²) in [6.07, 6.45) is 0. The van der Waals surface area contributed by atoms with E-state index < -0.39 is 5.97 Å². The van der Waals surface area contributed by atoms with Crippen LogP contribution in [0.3, 0.4) is 0 Å². The van der Waals surface area contributed by atoms with E-state index in [0.717, 1.165) is 10.9 Å². The van der Waals surface area contributed by atoms with Crippen LogP contribution in [-0.2, 0) is 5.41 Å². The molecule has 2 aromatic carbocycles. The molecule has 0 aliphatic carbocycles. The third-order valence-electron chi connectivity index (χ3n) is 3.09. The number of hydrogen-bond donors (Lipinski definition) is 2. The van der Waals surface area contributed by atoms with Crippen molar-refractivity contribution in [2.45, 2.75) is 26.2 Å². The van der Waals surface area contributed by atoms with Gasteiger partial charge in [-0.1, -0.05) is 39.0 Å². The molecule has 18 heavy (non-hydrogen) atoms. The number of rotatable bonds is 1. The molecule has 0 fully saturated rings. The average Bonchev–Trinajstić information content (AvgIpc) is 2.27. The molecule has 94 valence electrons. The summed E-state index contributed by atoms with van der Waals surface area (Å²) in [7, 11) is 0. The average molecular weight is 244 g/mol. The topological polar surface area (TPSA) is 57.5 Å². The molecule has 3 nitrogen and oxygen atoms in total. The molecule has 0 heterocycles. The molecule has 0 aliphatic rings. The summed E-state index contributed by atoms with van der Waals surface area (Å²) in [4.78, 5) is 11.0. The van der Waals surface area contributed by atoms with Crippen LogP contribution in [0.2, 0.25) is 0 Å². The number of aromatic hydroxyl groups is 1. The number of fused-ring (bicyclic) bond motifs is 1. The minimum atomic E-state index is -1.12. The van der Waals surface area contributed by atoms with Gasteiger partial charge < -0.3 is 10.2 Å². The van der Waals surface area contributed by atoms with Crippen LogP contribution in [0.1, 0.15) is 36.7 Å². The number of benzene rings is 2. The van der Waals surface area contributed by atoms with Crippen molar-refractivity contribution in [1.29, 1.82) is 0 Å². The smallest absolute Gasteiger partial charge is 0.339 e. The van der Waals surface area contributed by atoms with Crippen LogP contribution in [-0.4, -0.2) is 16.2 Å². The maximum Gasteiger partial charge on any atom is 0.339 e. The van der Waals surface area contributed by atoms with Crippen molar-refractivity contribution < 1.29 is 15.0 Å². The molecular weight excluding hydrogens is 228 g/mol. The summed E-state index contributed by atoms with van der Waals surface area (Å²) < 4.78 is 0. The predicted octanol–water partition coefficient (Wildman–Crippen LogP) is 3.54. The molecule has 0 amide bonds. The number of aromatic carboxylic acids is 1. The summed E-state index contributed by atoms with van der Waals surface area (Å²) in [5, 5.41) is 20.4. The highest BCUT2D eigenvalue weighted by Crippen LogP contribution is 2.32. The van der Waals surface area contributed by atoms with Gasteiger partial charge in [0.15, 0.2) is 0 Å². The van der Waals surface area contributed by atoms with Crippen LogP contribution >= 0.6 is 0 Å². The lowest BCUT2D eigenvalue weighted by Gasteiger charge is -2.19. The molecule has 3 heteroatoms. The van der Waals surface area contributed by atoms with Crippen molar-refractivity contribution in [3.8, 4) is 5.75 Å². The Kier molecular flexibility index (Phi) is 2.77. The largest absolute Gasteiger partial charge is 0.506 e. The van der Waals surface area contributed by atoms with E-state index in [9.17, 15) is 9.90 Å². The lowest BCUT2D eigenvalue weighted by atomic mass is 9.85. The zero-order valence-corrected chi connectivity index (χ0v) is 10.7. The Bertz CT molecular complexity index is 621. The fourth-order valence-electron chi connectivity index (χ4n) is 1.94.